The molecule has 4 rings (SSSR count). The summed E-state index contributed by atoms with van der Waals surface area (Å²) in [4.78, 5) is 8.92. The van der Waals surface area contributed by atoms with E-state index < -0.39 is 0 Å². The summed E-state index contributed by atoms with van der Waals surface area (Å²) in [6.07, 6.45) is 7.22. The number of halogens is 1. The Morgan fingerprint density at radius 2 is 2.00 bits per heavy atom. The Morgan fingerprint density at radius 1 is 1.19 bits per heavy atom. The zero-order valence-electron chi connectivity index (χ0n) is 14.8. The molecule has 0 unspecified atom stereocenters. The number of rotatable bonds is 3. The topological polar surface area (TPSA) is 54.5 Å². The third-order valence-electron chi connectivity index (χ3n) is 5.40. The summed E-state index contributed by atoms with van der Waals surface area (Å²) < 4.78 is 2.26. The van der Waals surface area contributed by atoms with Gasteiger partial charge in [-0.15, -0.1) is 0 Å². The molecule has 1 aliphatic carbocycles. The Hall–Kier alpha value is -2.38. The van der Waals surface area contributed by atoms with Crippen LogP contribution < -0.4 is 0 Å². The summed E-state index contributed by atoms with van der Waals surface area (Å²) in [5, 5.41) is 9.97. The minimum absolute atomic E-state index is 0.191. The lowest BCUT2D eigenvalue weighted by Gasteiger charge is -2.26. The van der Waals surface area contributed by atoms with Crippen LogP contribution in [0.5, 0.6) is 0 Å². The van der Waals surface area contributed by atoms with Crippen molar-refractivity contribution in [2.45, 2.75) is 39.2 Å². The highest BCUT2D eigenvalue weighted by atomic mass is 35.5. The summed E-state index contributed by atoms with van der Waals surface area (Å²) in [5.41, 5.74) is 3.50. The lowest BCUT2D eigenvalue weighted by atomic mass is 9.83. The third kappa shape index (κ3) is 3.32. The molecule has 0 atom stereocenters. The quantitative estimate of drug-likeness (QED) is 0.620. The van der Waals surface area contributed by atoms with Crippen LogP contribution in [-0.2, 0) is 6.54 Å². The molecule has 1 saturated carbocycles. The first-order valence-corrected chi connectivity index (χ1v) is 9.54. The van der Waals surface area contributed by atoms with Gasteiger partial charge in [0.2, 0.25) is 5.82 Å². The second-order valence-electron chi connectivity index (χ2n) is 7.35. The van der Waals surface area contributed by atoms with Crippen LogP contribution in [0.25, 0.3) is 22.3 Å². The van der Waals surface area contributed by atoms with E-state index in [1.165, 1.54) is 25.7 Å². The van der Waals surface area contributed by atoms with E-state index in [1.807, 2.05) is 30.3 Å². The Kier molecular flexibility index (Phi) is 4.65. The molecule has 3 aromatic rings. The largest absolute Gasteiger partial charge is 0.344 e. The fourth-order valence-corrected chi connectivity index (χ4v) is 4.13. The SMILES string of the molecule is C[C@H]1CC[C@H](Cn2ccc3nc(C#N)nc(-c4cccc(Cl)c4)c32)CC1. The molecule has 0 aliphatic heterocycles. The van der Waals surface area contributed by atoms with E-state index in [1.54, 1.807) is 0 Å². The minimum Gasteiger partial charge on any atom is -0.344 e. The van der Waals surface area contributed by atoms with E-state index >= 15 is 0 Å². The van der Waals surface area contributed by atoms with Gasteiger partial charge in [0.15, 0.2) is 0 Å². The van der Waals surface area contributed by atoms with E-state index in [4.69, 9.17) is 11.6 Å². The molecular formula is C21H21ClN4. The molecule has 1 fully saturated rings. The van der Waals surface area contributed by atoms with Crippen LogP contribution in [0.15, 0.2) is 36.5 Å². The molecule has 0 radical (unpaired) electrons. The molecule has 4 nitrogen and oxygen atoms in total. The number of nitriles is 1. The van der Waals surface area contributed by atoms with Gasteiger partial charge >= 0.3 is 0 Å². The molecule has 1 aromatic carbocycles. The standard InChI is InChI=1S/C21H21ClN4/c1-14-5-7-15(8-6-14)13-26-10-9-18-21(26)20(25-19(12-23)24-18)16-3-2-4-17(22)11-16/h2-4,9-11,14-15H,5-8,13H2,1H3/t14-,15-. The molecule has 2 aromatic heterocycles. The van der Waals surface area contributed by atoms with Gasteiger partial charge in [0.05, 0.1) is 16.7 Å². The first-order valence-electron chi connectivity index (χ1n) is 9.17. The molecule has 0 spiro atoms. The highest BCUT2D eigenvalue weighted by Crippen LogP contribution is 2.33. The highest BCUT2D eigenvalue weighted by Gasteiger charge is 2.21. The monoisotopic (exact) mass is 364 g/mol. The summed E-state index contributed by atoms with van der Waals surface area (Å²) in [5.74, 6) is 1.72. The molecule has 1 aliphatic rings. The first-order chi connectivity index (χ1) is 12.6. The summed E-state index contributed by atoms with van der Waals surface area (Å²) in [6, 6.07) is 11.7. The van der Waals surface area contributed by atoms with Gasteiger partial charge in [-0.2, -0.15) is 5.26 Å². The fourth-order valence-electron chi connectivity index (χ4n) is 3.94. The van der Waals surface area contributed by atoms with Crippen LogP contribution in [0.1, 0.15) is 38.4 Å². The highest BCUT2D eigenvalue weighted by molar-refractivity contribution is 6.30. The van der Waals surface area contributed by atoms with Crippen LogP contribution in [-0.4, -0.2) is 14.5 Å². The number of benzene rings is 1. The molecule has 5 heteroatoms. The lowest BCUT2D eigenvalue weighted by molar-refractivity contribution is 0.267. The van der Waals surface area contributed by atoms with Gasteiger partial charge in [0.25, 0.3) is 0 Å². The summed E-state index contributed by atoms with van der Waals surface area (Å²) in [7, 11) is 0. The Bertz CT molecular complexity index is 977. The second-order valence-corrected chi connectivity index (χ2v) is 7.78. The minimum atomic E-state index is 0.191. The average molecular weight is 365 g/mol. The Labute approximate surface area is 158 Å². The van der Waals surface area contributed by atoms with Crippen LogP contribution in [0.2, 0.25) is 5.02 Å². The van der Waals surface area contributed by atoms with Crippen molar-refractivity contribution in [1.29, 1.82) is 5.26 Å². The fraction of sp³-hybridized carbons (Fsp3) is 0.381. The number of aromatic nitrogens is 3. The van der Waals surface area contributed by atoms with E-state index in [-0.39, 0.29) is 5.82 Å². The number of hydrogen-bond donors (Lipinski definition) is 0. The van der Waals surface area contributed by atoms with E-state index in [9.17, 15) is 5.26 Å². The summed E-state index contributed by atoms with van der Waals surface area (Å²) >= 11 is 6.19. The lowest BCUT2D eigenvalue weighted by Crippen LogP contribution is -2.17. The van der Waals surface area contributed by atoms with Crippen LogP contribution in [0, 0.1) is 23.2 Å². The maximum atomic E-state index is 9.31. The third-order valence-corrected chi connectivity index (χ3v) is 5.63. The first kappa shape index (κ1) is 17.1. The van der Waals surface area contributed by atoms with Crippen LogP contribution >= 0.6 is 11.6 Å². The van der Waals surface area contributed by atoms with Gasteiger partial charge in [-0.25, -0.2) is 9.97 Å². The van der Waals surface area contributed by atoms with E-state index in [0.29, 0.717) is 10.9 Å². The molecule has 0 saturated heterocycles. The normalized spacial score (nSPS) is 20.2. The smallest absolute Gasteiger partial charge is 0.233 e. The molecule has 2 heterocycles. The van der Waals surface area contributed by atoms with E-state index in [0.717, 1.165) is 34.8 Å². The number of fused-ring (bicyclic) bond motifs is 1. The van der Waals surface area contributed by atoms with E-state index in [2.05, 4.69) is 33.7 Å². The van der Waals surface area contributed by atoms with Crippen molar-refractivity contribution in [3.05, 3.63) is 47.4 Å². The van der Waals surface area contributed by atoms with Gasteiger partial charge in [0.1, 0.15) is 6.07 Å². The molecule has 0 amide bonds. The van der Waals surface area contributed by atoms with Crippen molar-refractivity contribution in [2.24, 2.45) is 11.8 Å². The summed E-state index contributed by atoms with van der Waals surface area (Å²) in [6.45, 7) is 3.31. The number of hydrogen-bond acceptors (Lipinski definition) is 3. The van der Waals surface area contributed by atoms with Gasteiger partial charge in [-0.1, -0.05) is 43.5 Å². The van der Waals surface area contributed by atoms with Gasteiger partial charge in [-0.3, -0.25) is 0 Å². The average Bonchev–Trinajstić information content (AvgIpc) is 3.05. The molecule has 132 valence electrons. The predicted molar refractivity (Wildman–Crippen MR) is 104 cm³/mol. The maximum absolute atomic E-state index is 9.31. The molecule has 26 heavy (non-hydrogen) atoms. The maximum Gasteiger partial charge on any atom is 0.233 e. The van der Waals surface area contributed by atoms with Crippen molar-refractivity contribution in [2.75, 3.05) is 0 Å². The zero-order valence-corrected chi connectivity index (χ0v) is 15.6. The number of nitrogens with zero attached hydrogens (tertiary/aromatic N) is 4. The Balaban J connectivity index is 1.79. The van der Waals surface area contributed by atoms with Gasteiger partial charge in [0, 0.05) is 23.3 Å². The van der Waals surface area contributed by atoms with Crippen molar-refractivity contribution in [3.63, 3.8) is 0 Å². The van der Waals surface area contributed by atoms with Gasteiger partial charge in [-0.05, 0) is 42.9 Å². The predicted octanol–water partition coefficient (Wildman–Crippen LogP) is 5.45. The van der Waals surface area contributed by atoms with Crippen molar-refractivity contribution in [3.8, 4) is 17.3 Å². The van der Waals surface area contributed by atoms with Crippen LogP contribution in [0.4, 0.5) is 0 Å². The van der Waals surface area contributed by atoms with Crippen LogP contribution in [0.3, 0.4) is 0 Å². The van der Waals surface area contributed by atoms with Crippen molar-refractivity contribution >= 4 is 22.6 Å². The Morgan fingerprint density at radius 3 is 2.73 bits per heavy atom. The van der Waals surface area contributed by atoms with Crippen molar-refractivity contribution in [1.82, 2.24) is 14.5 Å². The molecular weight excluding hydrogens is 344 g/mol. The zero-order chi connectivity index (χ0) is 18.1. The molecule has 0 bridgehead atoms. The second kappa shape index (κ2) is 7.09. The van der Waals surface area contributed by atoms with Gasteiger partial charge < -0.3 is 4.57 Å². The molecule has 0 N–H and O–H groups in total. The van der Waals surface area contributed by atoms with Crippen molar-refractivity contribution < 1.29 is 0 Å².